The number of amides is 1. The molecule has 1 amide bonds. The molecule has 0 saturated carbocycles. The second-order valence-corrected chi connectivity index (χ2v) is 7.98. The molecule has 5 nitrogen and oxygen atoms in total. The van der Waals surface area contributed by atoms with Crippen LogP contribution in [0.4, 0.5) is 11.4 Å². The quantitative estimate of drug-likeness (QED) is 0.851. The Hall–Kier alpha value is -1.76. The van der Waals surface area contributed by atoms with Crippen molar-refractivity contribution in [2.45, 2.75) is 6.92 Å². The first kappa shape index (κ1) is 18.6. The Balaban J connectivity index is 2.29. The maximum absolute atomic E-state index is 12.3. The van der Waals surface area contributed by atoms with Crippen molar-refractivity contribution in [2.75, 3.05) is 22.4 Å². The summed E-state index contributed by atoms with van der Waals surface area (Å²) in [5, 5.41) is 3.36. The van der Waals surface area contributed by atoms with Gasteiger partial charge in [-0.25, -0.2) is 8.42 Å². The van der Waals surface area contributed by atoms with Gasteiger partial charge in [0, 0.05) is 5.02 Å². The number of rotatable bonds is 5. The summed E-state index contributed by atoms with van der Waals surface area (Å²) in [6.45, 7) is 1.36. The van der Waals surface area contributed by atoms with Gasteiger partial charge in [-0.3, -0.25) is 9.10 Å². The lowest BCUT2D eigenvalue weighted by Gasteiger charge is -2.24. The van der Waals surface area contributed by atoms with Crippen molar-refractivity contribution in [1.82, 2.24) is 0 Å². The summed E-state index contributed by atoms with van der Waals surface area (Å²) in [6.07, 6.45) is 1.04. The first-order chi connectivity index (χ1) is 11.2. The molecule has 0 aliphatic rings. The molecule has 0 aromatic heterocycles. The van der Waals surface area contributed by atoms with E-state index in [1.165, 1.54) is 6.07 Å². The summed E-state index contributed by atoms with van der Waals surface area (Å²) >= 11 is 12.0. The molecule has 128 valence electrons. The summed E-state index contributed by atoms with van der Waals surface area (Å²) in [6, 6.07) is 11.6. The van der Waals surface area contributed by atoms with Crippen molar-refractivity contribution in [2.24, 2.45) is 0 Å². The van der Waals surface area contributed by atoms with Crippen LogP contribution in [0.1, 0.15) is 5.56 Å². The molecule has 8 heteroatoms. The highest BCUT2D eigenvalue weighted by atomic mass is 35.5. The molecule has 0 fully saturated rings. The predicted octanol–water partition coefficient (Wildman–Crippen LogP) is 3.71. The van der Waals surface area contributed by atoms with E-state index in [1.54, 1.807) is 43.3 Å². The molecule has 24 heavy (non-hydrogen) atoms. The van der Waals surface area contributed by atoms with E-state index in [4.69, 9.17) is 23.2 Å². The number of hydrogen-bond donors (Lipinski definition) is 1. The molecule has 0 aliphatic carbocycles. The number of aryl methyl sites for hydroxylation is 1. The molecule has 0 heterocycles. The lowest BCUT2D eigenvalue weighted by Crippen LogP contribution is -2.37. The Labute approximate surface area is 151 Å². The lowest BCUT2D eigenvalue weighted by atomic mass is 10.2. The highest BCUT2D eigenvalue weighted by Gasteiger charge is 2.23. The zero-order valence-electron chi connectivity index (χ0n) is 13.1. The first-order valence-corrected chi connectivity index (χ1v) is 9.57. The van der Waals surface area contributed by atoms with Crippen molar-refractivity contribution in [3.63, 3.8) is 0 Å². The van der Waals surface area contributed by atoms with E-state index in [0.29, 0.717) is 27.0 Å². The summed E-state index contributed by atoms with van der Waals surface area (Å²) < 4.78 is 25.3. The van der Waals surface area contributed by atoms with Gasteiger partial charge in [0.2, 0.25) is 15.9 Å². The number of para-hydroxylation sites is 1. The van der Waals surface area contributed by atoms with E-state index in [1.807, 2.05) is 0 Å². The average Bonchev–Trinajstić information content (AvgIpc) is 2.49. The maximum atomic E-state index is 12.3. The first-order valence-electron chi connectivity index (χ1n) is 6.97. The predicted molar refractivity (Wildman–Crippen MR) is 98.5 cm³/mol. The van der Waals surface area contributed by atoms with Crippen LogP contribution in [0, 0.1) is 6.92 Å². The van der Waals surface area contributed by atoms with E-state index in [2.05, 4.69) is 5.32 Å². The van der Waals surface area contributed by atoms with Crippen molar-refractivity contribution in [3.8, 4) is 0 Å². The van der Waals surface area contributed by atoms with Crippen LogP contribution in [-0.2, 0) is 14.8 Å². The third kappa shape index (κ3) is 4.63. The Bertz CT molecular complexity index is 869. The number of nitrogens with zero attached hydrogens (tertiary/aromatic N) is 1. The number of nitrogens with one attached hydrogen (secondary N) is 1. The van der Waals surface area contributed by atoms with Crippen LogP contribution in [0.25, 0.3) is 0 Å². The number of carbonyl (C=O) groups excluding carboxylic acids is 1. The molecule has 0 spiro atoms. The summed E-state index contributed by atoms with van der Waals surface area (Å²) in [4.78, 5) is 12.3. The fourth-order valence-electron chi connectivity index (χ4n) is 2.12. The zero-order valence-corrected chi connectivity index (χ0v) is 15.4. The summed E-state index contributed by atoms with van der Waals surface area (Å²) in [7, 11) is -3.67. The highest BCUT2D eigenvalue weighted by Crippen LogP contribution is 2.26. The van der Waals surface area contributed by atoms with Gasteiger partial charge in [0.25, 0.3) is 0 Å². The van der Waals surface area contributed by atoms with Gasteiger partial charge >= 0.3 is 0 Å². The molecule has 0 bridgehead atoms. The Kier molecular flexibility index (Phi) is 5.74. The molecule has 0 saturated heterocycles. The number of sulfonamides is 1. The normalized spacial score (nSPS) is 11.2. The smallest absolute Gasteiger partial charge is 0.245 e. The van der Waals surface area contributed by atoms with Crippen LogP contribution >= 0.6 is 23.2 Å². The monoisotopic (exact) mass is 386 g/mol. The number of benzene rings is 2. The number of halogens is 2. The van der Waals surface area contributed by atoms with E-state index in [-0.39, 0.29) is 6.54 Å². The summed E-state index contributed by atoms with van der Waals surface area (Å²) in [5.41, 5.74) is 1.47. The molecule has 1 N–H and O–H groups in total. The molecule has 0 atom stereocenters. The van der Waals surface area contributed by atoms with Gasteiger partial charge in [0.15, 0.2) is 0 Å². The van der Waals surface area contributed by atoms with Crippen LogP contribution in [-0.4, -0.2) is 27.1 Å². The minimum absolute atomic E-state index is 0.360. The average molecular weight is 387 g/mol. The highest BCUT2D eigenvalue weighted by molar-refractivity contribution is 7.92. The Morgan fingerprint density at radius 1 is 1.17 bits per heavy atom. The molecular formula is C16H16Cl2N2O3S. The van der Waals surface area contributed by atoms with Gasteiger partial charge < -0.3 is 5.32 Å². The van der Waals surface area contributed by atoms with Gasteiger partial charge in [-0.05, 0) is 36.8 Å². The summed E-state index contributed by atoms with van der Waals surface area (Å²) in [5.74, 6) is -0.507. The zero-order chi connectivity index (χ0) is 17.9. The van der Waals surface area contributed by atoms with Crippen molar-refractivity contribution < 1.29 is 13.2 Å². The second-order valence-electron chi connectivity index (χ2n) is 5.23. The lowest BCUT2D eigenvalue weighted by molar-refractivity contribution is -0.114. The minimum Gasteiger partial charge on any atom is -0.323 e. The molecule has 2 aromatic rings. The molecule has 2 aromatic carbocycles. The third-order valence-electron chi connectivity index (χ3n) is 3.28. The van der Waals surface area contributed by atoms with Gasteiger partial charge in [0.05, 0.1) is 22.7 Å². The molecule has 2 rings (SSSR count). The standard InChI is InChI=1S/C16H16Cl2N2O3S/c1-11-7-8-12(17)9-15(11)20(24(2,22)23)10-16(21)19-14-6-4-3-5-13(14)18/h3-9H,10H2,1-2H3,(H,19,21). The Morgan fingerprint density at radius 3 is 2.46 bits per heavy atom. The SMILES string of the molecule is Cc1ccc(Cl)cc1N(CC(=O)Nc1ccccc1Cl)S(C)(=O)=O. The fraction of sp³-hybridized carbons (Fsp3) is 0.188. The van der Waals surface area contributed by atoms with Gasteiger partial charge in [0.1, 0.15) is 6.54 Å². The largest absolute Gasteiger partial charge is 0.323 e. The number of carbonyl (C=O) groups is 1. The molecule has 0 aliphatic heterocycles. The van der Waals surface area contributed by atoms with Gasteiger partial charge in [-0.15, -0.1) is 0 Å². The van der Waals surface area contributed by atoms with E-state index in [9.17, 15) is 13.2 Å². The second kappa shape index (κ2) is 7.42. The van der Waals surface area contributed by atoms with Crippen LogP contribution in [0.5, 0.6) is 0 Å². The molecular weight excluding hydrogens is 371 g/mol. The third-order valence-corrected chi connectivity index (χ3v) is 4.97. The van der Waals surface area contributed by atoms with Crippen LogP contribution in [0.15, 0.2) is 42.5 Å². The molecule has 0 radical (unpaired) electrons. The van der Waals surface area contributed by atoms with E-state index < -0.39 is 15.9 Å². The minimum atomic E-state index is -3.67. The Morgan fingerprint density at radius 2 is 1.83 bits per heavy atom. The van der Waals surface area contributed by atoms with Crippen LogP contribution < -0.4 is 9.62 Å². The van der Waals surface area contributed by atoms with Crippen LogP contribution in [0.2, 0.25) is 10.0 Å². The fourth-order valence-corrected chi connectivity index (χ4v) is 3.37. The number of hydrogen-bond acceptors (Lipinski definition) is 3. The van der Waals surface area contributed by atoms with Crippen LogP contribution in [0.3, 0.4) is 0 Å². The number of anilines is 2. The maximum Gasteiger partial charge on any atom is 0.245 e. The van der Waals surface area contributed by atoms with Gasteiger partial charge in [-0.2, -0.15) is 0 Å². The molecule has 0 unspecified atom stereocenters. The van der Waals surface area contributed by atoms with Crippen molar-refractivity contribution in [1.29, 1.82) is 0 Å². The van der Waals surface area contributed by atoms with Gasteiger partial charge in [-0.1, -0.05) is 41.4 Å². The van der Waals surface area contributed by atoms with Crippen molar-refractivity contribution >= 4 is 50.5 Å². The van der Waals surface area contributed by atoms with Crippen molar-refractivity contribution in [3.05, 3.63) is 58.1 Å². The van der Waals surface area contributed by atoms with E-state index in [0.717, 1.165) is 10.6 Å². The van der Waals surface area contributed by atoms with E-state index >= 15 is 0 Å². The topological polar surface area (TPSA) is 66.5 Å².